The van der Waals surface area contributed by atoms with Crippen LogP contribution in [0, 0.1) is 0 Å². The number of rotatable bonds is 9. The van der Waals surface area contributed by atoms with E-state index in [4.69, 9.17) is 9.47 Å². The van der Waals surface area contributed by atoms with Gasteiger partial charge in [0.1, 0.15) is 6.73 Å². The predicted molar refractivity (Wildman–Crippen MR) is 124 cm³/mol. The second-order valence-electron chi connectivity index (χ2n) is 7.52. The molecule has 31 heavy (non-hydrogen) atoms. The zero-order valence-corrected chi connectivity index (χ0v) is 18.6. The molecule has 160 valence electrons. The quantitative estimate of drug-likeness (QED) is 0.263. The molecule has 1 saturated heterocycles. The number of benzene rings is 3. The molecule has 4 rings (SSSR count). The van der Waals surface area contributed by atoms with Crippen molar-refractivity contribution in [3.63, 3.8) is 0 Å². The number of hydrogen-bond donors (Lipinski definition) is 0. The minimum Gasteiger partial charge on any atom is -0.356 e. The standard InChI is InChI=1S/C26H27NO3S/c1-20(29-2)30-19-27-24(28)18-25(27)31-26(21-12-6-3-7-13-21,22-14-8-4-9-15-22)23-16-10-5-11-17-23/h3-17,20,25H,18-19H2,1-2H3. The van der Waals surface area contributed by atoms with Crippen LogP contribution in [0.1, 0.15) is 30.0 Å². The summed E-state index contributed by atoms with van der Waals surface area (Å²) >= 11 is 1.79. The van der Waals surface area contributed by atoms with E-state index < -0.39 is 4.75 Å². The first-order chi connectivity index (χ1) is 15.1. The molecule has 0 aromatic heterocycles. The van der Waals surface area contributed by atoms with Crippen LogP contribution in [0.2, 0.25) is 0 Å². The van der Waals surface area contributed by atoms with Crippen molar-refractivity contribution in [2.75, 3.05) is 13.8 Å². The van der Waals surface area contributed by atoms with Crippen molar-refractivity contribution >= 4 is 17.7 Å². The summed E-state index contributed by atoms with van der Waals surface area (Å²) in [5.41, 5.74) is 3.55. The maximum atomic E-state index is 12.4. The molecule has 0 radical (unpaired) electrons. The monoisotopic (exact) mass is 433 g/mol. The molecule has 1 amide bonds. The van der Waals surface area contributed by atoms with Crippen molar-refractivity contribution in [2.24, 2.45) is 0 Å². The molecule has 0 saturated carbocycles. The number of amides is 1. The average molecular weight is 434 g/mol. The Bertz CT molecular complexity index is 885. The van der Waals surface area contributed by atoms with Gasteiger partial charge in [0, 0.05) is 7.11 Å². The van der Waals surface area contributed by atoms with Gasteiger partial charge >= 0.3 is 0 Å². The Morgan fingerprint density at radius 1 is 0.903 bits per heavy atom. The highest BCUT2D eigenvalue weighted by Gasteiger charge is 2.46. The van der Waals surface area contributed by atoms with Crippen molar-refractivity contribution in [1.29, 1.82) is 0 Å². The lowest BCUT2D eigenvalue weighted by molar-refractivity contribution is -0.171. The molecular weight excluding hydrogens is 406 g/mol. The molecule has 1 aliphatic rings. The van der Waals surface area contributed by atoms with Gasteiger partial charge in [0.25, 0.3) is 0 Å². The lowest BCUT2D eigenvalue weighted by Gasteiger charge is -2.46. The van der Waals surface area contributed by atoms with Gasteiger partial charge in [-0.3, -0.25) is 4.79 Å². The number of β-lactam (4-membered cyclic amide) rings is 1. The summed E-state index contributed by atoms with van der Waals surface area (Å²) in [5, 5.41) is -0.00262. The van der Waals surface area contributed by atoms with E-state index in [0.717, 1.165) is 0 Å². The van der Waals surface area contributed by atoms with Gasteiger partial charge in [-0.25, -0.2) is 0 Å². The summed E-state index contributed by atoms with van der Waals surface area (Å²) in [7, 11) is 1.60. The average Bonchev–Trinajstić information content (AvgIpc) is 2.83. The molecule has 1 fully saturated rings. The third-order valence-electron chi connectivity index (χ3n) is 5.65. The van der Waals surface area contributed by atoms with Crippen LogP contribution in [0.15, 0.2) is 91.0 Å². The van der Waals surface area contributed by atoms with Crippen molar-refractivity contribution < 1.29 is 14.3 Å². The maximum Gasteiger partial charge on any atom is 0.228 e. The van der Waals surface area contributed by atoms with Gasteiger partial charge in [0.2, 0.25) is 5.91 Å². The second-order valence-corrected chi connectivity index (χ2v) is 8.91. The van der Waals surface area contributed by atoms with Crippen LogP contribution < -0.4 is 0 Å². The fourth-order valence-electron chi connectivity index (χ4n) is 3.87. The summed E-state index contributed by atoms with van der Waals surface area (Å²) in [6.07, 6.45) is 0.130. The first-order valence-electron chi connectivity index (χ1n) is 10.4. The van der Waals surface area contributed by atoms with E-state index >= 15 is 0 Å². The van der Waals surface area contributed by atoms with Crippen molar-refractivity contribution in [3.8, 4) is 0 Å². The molecule has 0 bridgehead atoms. The summed E-state index contributed by atoms with van der Waals surface area (Å²) in [6.45, 7) is 2.05. The lowest BCUT2D eigenvalue weighted by atomic mass is 9.84. The van der Waals surface area contributed by atoms with Gasteiger partial charge in [-0.15, -0.1) is 11.8 Å². The normalized spacial score (nSPS) is 17.3. The molecule has 0 N–H and O–H groups in total. The largest absolute Gasteiger partial charge is 0.356 e. The van der Waals surface area contributed by atoms with Crippen LogP contribution in [-0.4, -0.2) is 36.3 Å². The highest BCUT2D eigenvalue weighted by molar-refractivity contribution is 8.01. The highest BCUT2D eigenvalue weighted by atomic mass is 32.2. The third kappa shape index (κ3) is 4.40. The van der Waals surface area contributed by atoms with Crippen LogP contribution in [0.25, 0.3) is 0 Å². The van der Waals surface area contributed by atoms with Crippen molar-refractivity contribution in [2.45, 2.75) is 29.8 Å². The summed E-state index contributed by atoms with van der Waals surface area (Å²) in [5.74, 6) is 0.101. The molecule has 0 aliphatic carbocycles. The number of methoxy groups -OCH3 is 1. The van der Waals surface area contributed by atoms with Gasteiger partial charge in [-0.05, 0) is 23.6 Å². The number of ether oxygens (including phenoxy) is 2. The molecule has 3 aromatic rings. The SMILES string of the molecule is COC(C)OCN1C(=O)CC1SC(c1ccccc1)(c1ccccc1)c1ccccc1. The highest BCUT2D eigenvalue weighted by Crippen LogP contribution is 2.52. The Kier molecular flexibility index (Phi) is 6.76. The Balaban J connectivity index is 1.77. The van der Waals surface area contributed by atoms with Gasteiger partial charge in [-0.1, -0.05) is 91.0 Å². The molecule has 1 heterocycles. The van der Waals surface area contributed by atoms with Crippen LogP contribution in [-0.2, 0) is 19.0 Å². The molecule has 5 heteroatoms. The Hall–Kier alpha value is -2.60. The molecule has 2 unspecified atom stereocenters. The fraction of sp³-hybridized carbons (Fsp3) is 0.269. The summed E-state index contributed by atoms with van der Waals surface area (Å²) < 4.78 is 10.4. The molecule has 3 aromatic carbocycles. The van der Waals surface area contributed by atoms with Crippen LogP contribution >= 0.6 is 11.8 Å². The van der Waals surface area contributed by atoms with Crippen LogP contribution in [0.3, 0.4) is 0 Å². The van der Waals surface area contributed by atoms with E-state index in [9.17, 15) is 4.79 Å². The minimum atomic E-state index is -0.458. The number of hydrogen-bond acceptors (Lipinski definition) is 4. The zero-order chi connectivity index (χ0) is 21.7. The smallest absolute Gasteiger partial charge is 0.228 e. The van der Waals surface area contributed by atoms with Crippen molar-refractivity contribution in [3.05, 3.63) is 108 Å². The number of carbonyl (C=O) groups is 1. The number of thioether (sulfide) groups is 1. The van der Waals surface area contributed by atoms with E-state index in [1.54, 1.807) is 23.8 Å². The third-order valence-corrected chi connectivity index (χ3v) is 7.41. The molecule has 1 aliphatic heterocycles. The van der Waals surface area contributed by atoms with E-state index in [1.165, 1.54) is 16.7 Å². The Morgan fingerprint density at radius 2 is 1.35 bits per heavy atom. The van der Waals surface area contributed by atoms with E-state index in [-0.39, 0.29) is 24.3 Å². The van der Waals surface area contributed by atoms with Crippen LogP contribution in [0.5, 0.6) is 0 Å². The Labute approximate surface area is 188 Å². The van der Waals surface area contributed by atoms with Crippen molar-refractivity contribution in [1.82, 2.24) is 4.90 Å². The minimum absolute atomic E-state index is 0.00262. The molecule has 2 atom stereocenters. The first-order valence-corrected chi connectivity index (χ1v) is 11.3. The second kappa shape index (κ2) is 9.69. The predicted octanol–water partition coefficient (Wildman–Crippen LogP) is 5.24. The topological polar surface area (TPSA) is 38.8 Å². The first kappa shape index (κ1) is 21.6. The number of nitrogens with zero attached hydrogens (tertiary/aromatic N) is 1. The van der Waals surface area contributed by atoms with Gasteiger partial charge in [-0.2, -0.15) is 0 Å². The Morgan fingerprint density at radius 3 is 1.74 bits per heavy atom. The number of likely N-dealkylation sites (tertiary alicyclic amines) is 1. The van der Waals surface area contributed by atoms with Crippen LogP contribution in [0.4, 0.5) is 0 Å². The maximum absolute atomic E-state index is 12.4. The molecule has 4 nitrogen and oxygen atoms in total. The molecular formula is C26H27NO3S. The number of carbonyl (C=O) groups excluding carboxylic acids is 1. The van der Waals surface area contributed by atoms with E-state index in [0.29, 0.717) is 6.42 Å². The fourth-order valence-corrected chi connectivity index (χ4v) is 5.62. The zero-order valence-electron chi connectivity index (χ0n) is 17.8. The van der Waals surface area contributed by atoms with Gasteiger partial charge in [0.05, 0.1) is 16.5 Å². The van der Waals surface area contributed by atoms with E-state index in [1.807, 2.05) is 25.1 Å². The summed E-state index contributed by atoms with van der Waals surface area (Å²) in [6, 6.07) is 31.6. The van der Waals surface area contributed by atoms with E-state index in [2.05, 4.69) is 72.8 Å². The molecule has 0 spiro atoms. The summed E-state index contributed by atoms with van der Waals surface area (Å²) in [4.78, 5) is 14.2. The van der Waals surface area contributed by atoms with Gasteiger partial charge < -0.3 is 14.4 Å². The lowest BCUT2D eigenvalue weighted by Crippen LogP contribution is -2.53. The van der Waals surface area contributed by atoms with Gasteiger partial charge in [0.15, 0.2) is 6.29 Å².